The van der Waals surface area contributed by atoms with Gasteiger partial charge < -0.3 is 15.2 Å². The molecule has 1 unspecified atom stereocenters. The van der Waals surface area contributed by atoms with E-state index in [-0.39, 0.29) is 17.8 Å². The van der Waals surface area contributed by atoms with Gasteiger partial charge in [0.25, 0.3) is 0 Å². The zero-order valence-corrected chi connectivity index (χ0v) is 10.4. The third-order valence-electron chi connectivity index (χ3n) is 3.15. The van der Waals surface area contributed by atoms with Crippen LogP contribution in [0.15, 0.2) is 24.3 Å². The first-order chi connectivity index (χ1) is 8.75. The van der Waals surface area contributed by atoms with Gasteiger partial charge in [-0.05, 0) is 25.3 Å². The van der Waals surface area contributed by atoms with Crippen molar-refractivity contribution >= 4 is 5.91 Å². The SMILES string of the molecule is O=C(CC1CCCCO1)NCc1ccccc1O. The van der Waals surface area contributed by atoms with E-state index in [1.807, 2.05) is 6.07 Å². The van der Waals surface area contributed by atoms with E-state index >= 15 is 0 Å². The number of phenols is 1. The summed E-state index contributed by atoms with van der Waals surface area (Å²) >= 11 is 0. The van der Waals surface area contributed by atoms with Gasteiger partial charge in [-0.3, -0.25) is 4.79 Å². The van der Waals surface area contributed by atoms with Gasteiger partial charge >= 0.3 is 0 Å². The van der Waals surface area contributed by atoms with Gasteiger partial charge in [0.1, 0.15) is 5.75 Å². The van der Waals surface area contributed by atoms with Crippen molar-refractivity contribution in [2.75, 3.05) is 6.61 Å². The van der Waals surface area contributed by atoms with Crippen molar-refractivity contribution in [3.63, 3.8) is 0 Å². The summed E-state index contributed by atoms with van der Waals surface area (Å²) in [5.41, 5.74) is 0.732. The van der Waals surface area contributed by atoms with Crippen LogP contribution in [-0.4, -0.2) is 23.7 Å². The van der Waals surface area contributed by atoms with Crippen molar-refractivity contribution in [2.24, 2.45) is 0 Å². The molecule has 98 valence electrons. The van der Waals surface area contributed by atoms with E-state index in [1.54, 1.807) is 18.2 Å². The number of nitrogens with one attached hydrogen (secondary N) is 1. The number of phenolic OH excluding ortho intramolecular Hbond substituents is 1. The number of para-hydroxylation sites is 1. The number of aromatic hydroxyl groups is 1. The second-order valence-electron chi connectivity index (χ2n) is 4.60. The average Bonchev–Trinajstić information content (AvgIpc) is 2.39. The maximum absolute atomic E-state index is 11.7. The Hall–Kier alpha value is -1.55. The molecule has 18 heavy (non-hydrogen) atoms. The van der Waals surface area contributed by atoms with Gasteiger partial charge in [-0.1, -0.05) is 18.2 Å². The number of benzene rings is 1. The van der Waals surface area contributed by atoms with Crippen LogP contribution >= 0.6 is 0 Å². The van der Waals surface area contributed by atoms with Gasteiger partial charge in [0.2, 0.25) is 5.91 Å². The molecular formula is C14H19NO3. The van der Waals surface area contributed by atoms with Crippen molar-refractivity contribution in [1.29, 1.82) is 0 Å². The highest BCUT2D eigenvalue weighted by molar-refractivity contribution is 5.76. The number of amides is 1. The molecule has 1 aliphatic rings. The van der Waals surface area contributed by atoms with Crippen LogP contribution in [0.2, 0.25) is 0 Å². The Bertz CT molecular complexity index is 400. The Morgan fingerprint density at radius 2 is 2.22 bits per heavy atom. The largest absolute Gasteiger partial charge is 0.508 e. The van der Waals surface area contributed by atoms with Crippen molar-refractivity contribution in [2.45, 2.75) is 38.3 Å². The summed E-state index contributed by atoms with van der Waals surface area (Å²) in [6.07, 6.45) is 3.66. The van der Waals surface area contributed by atoms with Gasteiger partial charge in [0.05, 0.1) is 12.5 Å². The van der Waals surface area contributed by atoms with Crippen LogP contribution in [0.3, 0.4) is 0 Å². The molecule has 1 saturated heterocycles. The van der Waals surface area contributed by atoms with E-state index in [0.717, 1.165) is 31.4 Å². The summed E-state index contributed by atoms with van der Waals surface area (Å²) in [6, 6.07) is 7.01. The average molecular weight is 249 g/mol. The van der Waals surface area contributed by atoms with Crippen molar-refractivity contribution in [3.05, 3.63) is 29.8 Å². The first-order valence-corrected chi connectivity index (χ1v) is 6.41. The molecule has 2 rings (SSSR count). The minimum Gasteiger partial charge on any atom is -0.508 e. The molecule has 0 saturated carbocycles. The van der Waals surface area contributed by atoms with E-state index in [0.29, 0.717) is 13.0 Å². The maximum Gasteiger partial charge on any atom is 0.222 e. The molecule has 0 radical (unpaired) electrons. The van der Waals surface area contributed by atoms with Crippen LogP contribution in [0.25, 0.3) is 0 Å². The van der Waals surface area contributed by atoms with Crippen LogP contribution in [-0.2, 0) is 16.1 Å². The maximum atomic E-state index is 11.7. The molecule has 0 aliphatic carbocycles. The molecule has 1 atom stereocenters. The molecular weight excluding hydrogens is 230 g/mol. The lowest BCUT2D eigenvalue weighted by Gasteiger charge is -2.21. The molecule has 1 aromatic carbocycles. The quantitative estimate of drug-likeness (QED) is 0.857. The molecule has 1 aliphatic heterocycles. The van der Waals surface area contributed by atoms with Gasteiger partial charge in [-0.15, -0.1) is 0 Å². The molecule has 0 bridgehead atoms. The molecule has 1 amide bonds. The van der Waals surface area contributed by atoms with Crippen molar-refractivity contribution in [1.82, 2.24) is 5.32 Å². The zero-order valence-electron chi connectivity index (χ0n) is 10.4. The number of carbonyl (C=O) groups excluding carboxylic acids is 1. The van der Waals surface area contributed by atoms with Gasteiger partial charge in [0, 0.05) is 18.7 Å². The molecule has 0 spiro atoms. The number of carbonyl (C=O) groups is 1. The first kappa shape index (κ1) is 12.9. The summed E-state index contributed by atoms with van der Waals surface area (Å²) in [5.74, 6) is 0.192. The minimum atomic E-state index is -0.0230. The highest BCUT2D eigenvalue weighted by Crippen LogP contribution is 2.17. The van der Waals surface area contributed by atoms with Crippen LogP contribution < -0.4 is 5.32 Å². The summed E-state index contributed by atoms with van der Waals surface area (Å²) in [7, 11) is 0. The van der Waals surface area contributed by atoms with Crippen LogP contribution in [0, 0.1) is 0 Å². The fraction of sp³-hybridized carbons (Fsp3) is 0.500. The van der Waals surface area contributed by atoms with Crippen molar-refractivity contribution < 1.29 is 14.6 Å². The predicted molar refractivity (Wildman–Crippen MR) is 68.2 cm³/mol. The summed E-state index contributed by atoms with van der Waals surface area (Å²) in [4.78, 5) is 11.7. The number of hydrogen-bond donors (Lipinski definition) is 2. The normalized spacial score (nSPS) is 19.4. The Morgan fingerprint density at radius 1 is 1.39 bits per heavy atom. The lowest BCUT2D eigenvalue weighted by molar-refractivity contribution is -0.125. The highest BCUT2D eigenvalue weighted by atomic mass is 16.5. The van der Waals surface area contributed by atoms with Crippen LogP contribution in [0.1, 0.15) is 31.2 Å². The molecule has 4 heteroatoms. The molecule has 4 nitrogen and oxygen atoms in total. The lowest BCUT2D eigenvalue weighted by Crippen LogP contribution is -2.30. The van der Waals surface area contributed by atoms with E-state index in [1.165, 1.54) is 0 Å². The van der Waals surface area contributed by atoms with E-state index in [9.17, 15) is 9.90 Å². The third kappa shape index (κ3) is 3.74. The molecule has 1 fully saturated rings. The summed E-state index contributed by atoms with van der Waals surface area (Å²) < 4.78 is 5.51. The van der Waals surface area contributed by atoms with E-state index < -0.39 is 0 Å². The lowest BCUT2D eigenvalue weighted by atomic mass is 10.1. The first-order valence-electron chi connectivity index (χ1n) is 6.41. The highest BCUT2D eigenvalue weighted by Gasteiger charge is 2.17. The predicted octanol–water partition coefficient (Wildman–Crippen LogP) is 1.97. The van der Waals surface area contributed by atoms with Crippen LogP contribution in [0.4, 0.5) is 0 Å². The van der Waals surface area contributed by atoms with Crippen LogP contribution in [0.5, 0.6) is 5.75 Å². The molecule has 2 N–H and O–H groups in total. The fourth-order valence-electron chi connectivity index (χ4n) is 2.10. The monoisotopic (exact) mass is 249 g/mol. The summed E-state index contributed by atoms with van der Waals surface area (Å²) in [6.45, 7) is 1.12. The Labute approximate surface area is 107 Å². The second kappa shape index (κ2) is 6.40. The Balaban J connectivity index is 1.76. The number of hydrogen-bond acceptors (Lipinski definition) is 3. The Morgan fingerprint density at radius 3 is 2.94 bits per heavy atom. The standard InChI is InChI=1S/C14H19NO3/c16-13-7-2-1-5-11(13)10-15-14(17)9-12-6-3-4-8-18-12/h1-2,5,7,12,16H,3-4,6,8-10H2,(H,15,17). The fourth-order valence-corrected chi connectivity index (χ4v) is 2.10. The van der Waals surface area contributed by atoms with Gasteiger partial charge in [-0.2, -0.15) is 0 Å². The third-order valence-corrected chi connectivity index (χ3v) is 3.15. The minimum absolute atomic E-state index is 0.0230. The van der Waals surface area contributed by atoms with E-state index in [2.05, 4.69) is 5.32 Å². The second-order valence-corrected chi connectivity index (χ2v) is 4.60. The number of rotatable bonds is 4. The van der Waals surface area contributed by atoms with Crippen molar-refractivity contribution in [3.8, 4) is 5.75 Å². The molecule has 0 aromatic heterocycles. The number of ether oxygens (including phenoxy) is 1. The van der Waals surface area contributed by atoms with E-state index in [4.69, 9.17) is 4.74 Å². The Kier molecular flexibility index (Phi) is 4.59. The topological polar surface area (TPSA) is 58.6 Å². The smallest absolute Gasteiger partial charge is 0.222 e. The van der Waals surface area contributed by atoms with Gasteiger partial charge in [-0.25, -0.2) is 0 Å². The summed E-state index contributed by atoms with van der Waals surface area (Å²) in [5, 5.41) is 12.4. The molecule has 1 heterocycles. The molecule has 1 aromatic rings. The zero-order chi connectivity index (χ0) is 12.8. The van der Waals surface area contributed by atoms with Gasteiger partial charge in [0.15, 0.2) is 0 Å².